The van der Waals surface area contributed by atoms with Gasteiger partial charge in [0.1, 0.15) is 30.5 Å². The Morgan fingerprint density at radius 1 is 1.02 bits per heavy atom. The van der Waals surface area contributed by atoms with Gasteiger partial charge in [0.2, 0.25) is 17.6 Å². The molecule has 0 radical (unpaired) electrons. The molecule has 0 aliphatic carbocycles. The highest BCUT2D eigenvalue weighted by atomic mass is 19.1. The fourth-order valence-electron chi connectivity index (χ4n) is 5.53. The molecule has 0 spiro atoms. The molecule has 1 fully saturated rings. The lowest BCUT2D eigenvalue weighted by atomic mass is 9.85. The van der Waals surface area contributed by atoms with E-state index in [0.717, 1.165) is 0 Å². The number of halogens is 1. The molecule has 1 aliphatic rings. The summed E-state index contributed by atoms with van der Waals surface area (Å²) in [4.78, 5) is 81.1. The smallest absolute Gasteiger partial charge is 0.329 e. The third-order valence-corrected chi connectivity index (χ3v) is 8.59. The summed E-state index contributed by atoms with van der Waals surface area (Å²) >= 11 is 0. The minimum Gasteiger partial charge on any atom is -0.459 e. The summed E-state index contributed by atoms with van der Waals surface area (Å²) in [5.74, 6) is -4.06. The summed E-state index contributed by atoms with van der Waals surface area (Å²) in [7, 11) is 0. The first kappa shape index (κ1) is 40.9. The van der Waals surface area contributed by atoms with Crippen molar-refractivity contribution in [2.45, 2.75) is 105 Å². The predicted molar refractivity (Wildman–Crippen MR) is 183 cm³/mol. The summed E-state index contributed by atoms with van der Waals surface area (Å²) in [6.07, 6.45) is 2.53. The molecule has 5 amide bonds. The molecule has 2 rings (SSSR count). The third-order valence-electron chi connectivity index (χ3n) is 8.59. The van der Waals surface area contributed by atoms with E-state index in [4.69, 9.17) is 4.74 Å². The number of amides is 5. The number of ether oxygens (including phenoxy) is 1. The van der Waals surface area contributed by atoms with Crippen molar-refractivity contribution in [3.8, 4) is 0 Å². The number of hydrogen-bond acceptors (Lipinski definition) is 7. The Morgan fingerprint density at radius 3 is 2.18 bits per heavy atom. The zero-order valence-corrected chi connectivity index (χ0v) is 30.1. The van der Waals surface area contributed by atoms with E-state index in [2.05, 4.69) is 27.8 Å². The molecular formula is C36H54FN5O7. The molecule has 5 atom stereocenters. The van der Waals surface area contributed by atoms with E-state index in [1.54, 1.807) is 34.6 Å². The van der Waals surface area contributed by atoms with Crippen LogP contribution in [0.4, 0.5) is 9.18 Å². The number of benzene rings is 1. The van der Waals surface area contributed by atoms with Gasteiger partial charge >= 0.3 is 12.0 Å². The molecule has 1 heterocycles. The Labute approximate surface area is 289 Å². The Morgan fingerprint density at radius 2 is 1.65 bits per heavy atom. The van der Waals surface area contributed by atoms with Gasteiger partial charge in [0, 0.05) is 13.1 Å². The van der Waals surface area contributed by atoms with Gasteiger partial charge in [-0.25, -0.2) is 14.0 Å². The maximum absolute atomic E-state index is 14.3. The lowest BCUT2D eigenvalue weighted by Crippen LogP contribution is -2.61. The molecule has 4 N–H and O–H groups in total. The number of rotatable bonds is 16. The van der Waals surface area contributed by atoms with Gasteiger partial charge in [0.15, 0.2) is 0 Å². The average molecular weight is 688 g/mol. The molecule has 12 nitrogen and oxygen atoms in total. The molecule has 1 aliphatic heterocycles. The third kappa shape index (κ3) is 12.0. The molecule has 0 bridgehead atoms. The molecule has 272 valence electrons. The van der Waals surface area contributed by atoms with Gasteiger partial charge < -0.3 is 30.9 Å². The van der Waals surface area contributed by atoms with Gasteiger partial charge in [-0.1, -0.05) is 80.0 Å². The van der Waals surface area contributed by atoms with Crippen LogP contribution in [-0.2, 0) is 35.3 Å². The second-order valence-corrected chi connectivity index (χ2v) is 14.3. The lowest BCUT2D eigenvalue weighted by Gasteiger charge is -2.36. The van der Waals surface area contributed by atoms with Crippen LogP contribution in [-0.4, -0.2) is 77.7 Å². The largest absolute Gasteiger partial charge is 0.459 e. The summed E-state index contributed by atoms with van der Waals surface area (Å²) in [6.45, 7) is 18.4. The SMILES string of the molecule is C=CCNC(=O)C(=O)C(CCC)NC(=O)[C@@H]1C[C@@H](C(C)C)CN1C(=O)[C@@H](NC(=O)N[C@H](C(=O)OCc1ccc(F)cc1)C(C)C)C(C)(C)C. The maximum Gasteiger partial charge on any atom is 0.329 e. The fourth-order valence-corrected chi connectivity index (χ4v) is 5.53. The minimum absolute atomic E-state index is 0.0356. The Bertz CT molecular complexity index is 1340. The zero-order valence-electron chi connectivity index (χ0n) is 30.1. The number of carbonyl (C=O) groups is 6. The Kier molecular flexibility index (Phi) is 15.4. The number of hydrogen-bond donors (Lipinski definition) is 4. The standard InChI is InChI=1S/C36H54FN5O7/c1-10-12-26(29(43)32(45)38-17-11-2)39-31(44)27-18-24(21(3)4)19-42(27)33(46)30(36(7,8)9)41-35(48)40-28(22(5)6)34(47)49-20-23-13-15-25(37)16-14-23/h11,13-16,21-22,24,26-28,30H,2,10,12,17-20H2,1,3-9H3,(H,38,45)(H,39,44)(H2,40,41,48)/t24-,26?,27+,28+,30-/m1/s1. The number of likely N-dealkylation sites (tertiary alicyclic amines) is 1. The lowest BCUT2D eigenvalue weighted by molar-refractivity contribution is -0.148. The van der Waals surface area contributed by atoms with Crippen molar-refractivity contribution in [3.63, 3.8) is 0 Å². The van der Waals surface area contributed by atoms with Crippen LogP contribution in [0.3, 0.4) is 0 Å². The quantitative estimate of drug-likeness (QED) is 0.117. The molecule has 1 aromatic carbocycles. The van der Waals surface area contributed by atoms with Crippen molar-refractivity contribution in [2.75, 3.05) is 13.1 Å². The monoisotopic (exact) mass is 687 g/mol. The second-order valence-electron chi connectivity index (χ2n) is 14.3. The Hall–Kier alpha value is -4.29. The minimum atomic E-state index is -1.10. The number of Topliss-reactive ketones (excluding diaryl/α,β-unsaturated/α-hetero) is 1. The van der Waals surface area contributed by atoms with E-state index in [-0.39, 0.29) is 43.9 Å². The van der Waals surface area contributed by atoms with Gasteiger partial charge in [-0.3, -0.25) is 19.2 Å². The van der Waals surface area contributed by atoms with Crippen molar-refractivity contribution in [1.82, 2.24) is 26.2 Å². The first-order chi connectivity index (χ1) is 22.9. The number of nitrogens with one attached hydrogen (secondary N) is 4. The van der Waals surface area contributed by atoms with Crippen molar-refractivity contribution in [1.29, 1.82) is 0 Å². The first-order valence-electron chi connectivity index (χ1n) is 16.9. The second kappa shape index (κ2) is 18.5. The summed E-state index contributed by atoms with van der Waals surface area (Å²) in [6, 6.07) is 0.547. The molecule has 1 unspecified atom stereocenters. The van der Waals surface area contributed by atoms with Gasteiger partial charge in [0.05, 0.1) is 6.04 Å². The Balaban J connectivity index is 2.25. The first-order valence-corrected chi connectivity index (χ1v) is 16.9. The van der Waals surface area contributed by atoms with Crippen molar-refractivity contribution >= 4 is 35.5 Å². The maximum atomic E-state index is 14.3. The summed E-state index contributed by atoms with van der Waals surface area (Å²) < 4.78 is 18.6. The van der Waals surface area contributed by atoms with E-state index in [0.29, 0.717) is 18.4 Å². The number of nitrogens with zero attached hydrogens (tertiary/aromatic N) is 1. The predicted octanol–water partition coefficient (Wildman–Crippen LogP) is 3.64. The van der Waals surface area contributed by atoms with Crippen LogP contribution in [0.25, 0.3) is 0 Å². The van der Waals surface area contributed by atoms with E-state index >= 15 is 0 Å². The number of esters is 1. The highest BCUT2D eigenvalue weighted by molar-refractivity contribution is 6.38. The molecular weight excluding hydrogens is 633 g/mol. The molecule has 1 aromatic rings. The topological polar surface area (TPSA) is 163 Å². The van der Waals surface area contributed by atoms with Gasteiger partial charge in [-0.05, 0) is 53.7 Å². The number of ketones is 1. The van der Waals surface area contributed by atoms with Crippen molar-refractivity contribution in [3.05, 3.63) is 48.3 Å². The van der Waals surface area contributed by atoms with Crippen LogP contribution in [0.5, 0.6) is 0 Å². The van der Waals surface area contributed by atoms with Crippen LogP contribution in [0.2, 0.25) is 0 Å². The summed E-state index contributed by atoms with van der Waals surface area (Å²) in [5, 5.41) is 10.5. The van der Waals surface area contributed by atoms with Crippen molar-refractivity contribution in [2.24, 2.45) is 23.2 Å². The van der Waals surface area contributed by atoms with Gasteiger partial charge in [-0.2, -0.15) is 0 Å². The van der Waals surface area contributed by atoms with E-state index in [1.165, 1.54) is 35.2 Å². The van der Waals surface area contributed by atoms with E-state index in [1.807, 2.05) is 20.8 Å². The van der Waals surface area contributed by atoms with Crippen LogP contribution in [0, 0.1) is 29.0 Å². The normalized spacial score (nSPS) is 17.9. The van der Waals surface area contributed by atoms with Crippen LogP contribution in [0.15, 0.2) is 36.9 Å². The number of carbonyl (C=O) groups excluding carboxylic acids is 6. The van der Waals surface area contributed by atoms with Crippen molar-refractivity contribution < 1.29 is 37.9 Å². The van der Waals surface area contributed by atoms with Crippen LogP contribution in [0.1, 0.15) is 80.2 Å². The van der Waals surface area contributed by atoms with Gasteiger partial charge in [0.25, 0.3) is 5.91 Å². The molecule has 0 saturated carbocycles. The average Bonchev–Trinajstić information content (AvgIpc) is 3.49. The summed E-state index contributed by atoms with van der Waals surface area (Å²) in [5.41, 5.74) is -0.239. The fraction of sp³-hybridized carbons (Fsp3) is 0.611. The zero-order chi connectivity index (χ0) is 37.1. The van der Waals surface area contributed by atoms with E-state index < -0.39 is 70.9 Å². The van der Waals surface area contributed by atoms with Gasteiger partial charge in [-0.15, -0.1) is 6.58 Å². The molecule has 0 aromatic heterocycles. The van der Waals surface area contributed by atoms with Crippen LogP contribution < -0.4 is 21.3 Å². The number of urea groups is 1. The highest BCUT2D eigenvalue weighted by Gasteiger charge is 2.46. The highest BCUT2D eigenvalue weighted by Crippen LogP contribution is 2.32. The van der Waals surface area contributed by atoms with E-state index in [9.17, 15) is 33.2 Å². The molecule has 1 saturated heterocycles. The molecule has 49 heavy (non-hydrogen) atoms. The molecule has 13 heteroatoms. The van der Waals surface area contributed by atoms with Crippen LogP contribution >= 0.6 is 0 Å².